The Morgan fingerprint density at radius 3 is 2.72 bits per heavy atom. The highest BCUT2D eigenvalue weighted by Gasteiger charge is 2.19. The largest absolute Gasteiger partial charge is 0.341 e. The minimum atomic E-state index is -3.56. The summed E-state index contributed by atoms with van der Waals surface area (Å²) >= 11 is 0. The molecule has 1 heterocycles. The number of hydrogen-bond acceptors (Lipinski definition) is 4. The zero-order valence-electron chi connectivity index (χ0n) is 14.6. The van der Waals surface area contributed by atoms with Crippen molar-refractivity contribution in [1.82, 2.24) is 14.9 Å². The molecule has 1 amide bonds. The van der Waals surface area contributed by atoms with Crippen molar-refractivity contribution < 1.29 is 13.2 Å². The summed E-state index contributed by atoms with van der Waals surface area (Å²) in [4.78, 5) is 14.3. The van der Waals surface area contributed by atoms with Gasteiger partial charge in [-0.25, -0.2) is 13.1 Å². The molecule has 6 nitrogen and oxygen atoms in total. The first kappa shape index (κ1) is 18.4. The first-order chi connectivity index (χ1) is 12.1. The van der Waals surface area contributed by atoms with Gasteiger partial charge < -0.3 is 10.2 Å². The third kappa shape index (κ3) is 4.80. The van der Waals surface area contributed by atoms with Crippen molar-refractivity contribution in [3.63, 3.8) is 0 Å². The zero-order valence-corrected chi connectivity index (χ0v) is 15.4. The van der Waals surface area contributed by atoms with Crippen LogP contribution in [-0.2, 0) is 27.7 Å². The van der Waals surface area contributed by atoms with Gasteiger partial charge in [-0.15, -0.1) is 0 Å². The van der Waals surface area contributed by atoms with Crippen LogP contribution in [-0.4, -0.2) is 51.9 Å². The van der Waals surface area contributed by atoms with Crippen molar-refractivity contribution in [2.75, 3.05) is 32.7 Å². The van der Waals surface area contributed by atoms with Crippen LogP contribution in [0.2, 0.25) is 0 Å². The molecule has 2 aliphatic rings. The van der Waals surface area contributed by atoms with Crippen LogP contribution in [0, 0.1) is 0 Å². The molecule has 1 aliphatic carbocycles. The Bertz CT molecular complexity index is 710. The van der Waals surface area contributed by atoms with E-state index in [-0.39, 0.29) is 18.9 Å². The second kappa shape index (κ2) is 8.29. The van der Waals surface area contributed by atoms with Gasteiger partial charge >= 0.3 is 0 Å². The third-order valence-electron chi connectivity index (χ3n) is 4.95. The van der Waals surface area contributed by atoms with Gasteiger partial charge in [0.05, 0.1) is 4.90 Å². The molecule has 25 heavy (non-hydrogen) atoms. The first-order valence-electron chi connectivity index (χ1n) is 9.16. The fraction of sp³-hybridized carbons (Fsp3) is 0.611. The number of carbonyl (C=O) groups is 1. The van der Waals surface area contributed by atoms with Crippen LogP contribution in [0.5, 0.6) is 0 Å². The molecule has 3 rings (SSSR count). The van der Waals surface area contributed by atoms with Crippen molar-refractivity contribution in [2.45, 2.75) is 43.4 Å². The van der Waals surface area contributed by atoms with Gasteiger partial charge in [0.25, 0.3) is 0 Å². The summed E-state index contributed by atoms with van der Waals surface area (Å²) in [5.74, 6) is 0.0110. The summed E-state index contributed by atoms with van der Waals surface area (Å²) in [5.41, 5.74) is 2.40. The van der Waals surface area contributed by atoms with Gasteiger partial charge in [0, 0.05) is 32.6 Å². The normalized spacial score (nSPS) is 18.5. The van der Waals surface area contributed by atoms with E-state index in [0.717, 1.165) is 50.9 Å². The molecule has 0 spiro atoms. The minimum Gasteiger partial charge on any atom is -0.341 e. The molecule has 0 radical (unpaired) electrons. The molecule has 1 saturated heterocycles. The Kier molecular flexibility index (Phi) is 6.09. The Labute approximate surface area is 150 Å². The quantitative estimate of drug-likeness (QED) is 0.818. The average Bonchev–Trinajstić information content (AvgIpc) is 2.90. The highest BCUT2D eigenvalue weighted by Crippen LogP contribution is 2.24. The van der Waals surface area contributed by atoms with E-state index in [9.17, 15) is 13.2 Å². The molecule has 138 valence electrons. The number of amides is 1. The number of nitrogens with zero attached hydrogens (tertiary/aromatic N) is 1. The van der Waals surface area contributed by atoms with Gasteiger partial charge in [-0.3, -0.25) is 4.79 Å². The molecular weight excluding hydrogens is 338 g/mol. The van der Waals surface area contributed by atoms with E-state index in [1.807, 2.05) is 11.0 Å². The molecule has 7 heteroatoms. The number of benzene rings is 1. The summed E-state index contributed by atoms with van der Waals surface area (Å²) in [6.07, 6.45) is 5.40. The maximum Gasteiger partial charge on any atom is 0.240 e. The average molecular weight is 365 g/mol. The molecule has 1 fully saturated rings. The number of rotatable bonds is 5. The summed E-state index contributed by atoms with van der Waals surface area (Å²) in [7, 11) is -3.56. The molecule has 1 aromatic rings. The van der Waals surface area contributed by atoms with Gasteiger partial charge in [0.1, 0.15) is 0 Å². The van der Waals surface area contributed by atoms with Crippen LogP contribution >= 0.6 is 0 Å². The monoisotopic (exact) mass is 365 g/mol. The van der Waals surface area contributed by atoms with Gasteiger partial charge in [-0.1, -0.05) is 6.07 Å². The molecule has 1 aromatic carbocycles. The first-order valence-corrected chi connectivity index (χ1v) is 10.6. The number of fused-ring (bicyclic) bond motifs is 1. The molecule has 0 atom stereocenters. The SMILES string of the molecule is O=C(CCNS(=O)(=O)c1ccc2c(c1)CCCC2)N1CCCNCC1. The lowest BCUT2D eigenvalue weighted by Crippen LogP contribution is -2.36. The lowest BCUT2D eigenvalue weighted by molar-refractivity contribution is -0.130. The van der Waals surface area contributed by atoms with Crippen LogP contribution in [0.4, 0.5) is 0 Å². The third-order valence-corrected chi connectivity index (χ3v) is 6.41. The topological polar surface area (TPSA) is 78.5 Å². The predicted molar refractivity (Wildman–Crippen MR) is 97.0 cm³/mol. The number of sulfonamides is 1. The number of nitrogens with one attached hydrogen (secondary N) is 2. The van der Waals surface area contributed by atoms with Crippen LogP contribution < -0.4 is 10.0 Å². The van der Waals surface area contributed by atoms with E-state index < -0.39 is 10.0 Å². The predicted octanol–water partition coefficient (Wildman–Crippen LogP) is 1.06. The number of hydrogen-bond donors (Lipinski definition) is 2. The smallest absolute Gasteiger partial charge is 0.240 e. The molecule has 0 saturated carbocycles. The standard InChI is InChI=1S/C18H27N3O3S/c22-18(21-12-3-9-19-11-13-21)8-10-20-25(23,24)17-7-6-15-4-1-2-5-16(15)14-17/h6-7,14,19-20H,1-5,8-13H2. The van der Waals surface area contributed by atoms with Crippen molar-refractivity contribution in [2.24, 2.45) is 0 Å². The van der Waals surface area contributed by atoms with Crippen LogP contribution in [0.25, 0.3) is 0 Å². The van der Waals surface area contributed by atoms with Crippen molar-refractivity contribution >= 4 is 15.9 Å². The summed E-state index contributed by atoms with van der Waals surface area (Å²) < 4.78 is 27.5. The minimum absolute atomic E-state index is 0.0110. The molecule has 1 aliphatic heterocycles. The molecule has 0 aromatic heterocycles. The maximum absolute atomic E-state index is 12.5. The van der Waals surface area contributed by atoms with Gasteiger partial charge in [0.2, 0.25) is 15.9 Å². The van der Waals surface area contributed by atoms with Crippen LogP contribution in [0.3, 0.4) is 0 Å². The second-order valence-corrected chi connectivity index (χ2v) is 8.54. The maximum atomic E-state index is 12.5. The number of carbonyl (C=O) groups excluding carboxylic acids is 1. The Balaban J connectivity index is 1.55. The van der Waals surface area contributed by atoms with E-state index in [1.165, 1.54) is 12.0 Å². The zero-order chi connectivity index (χ0) is 17.7. The van der Waals surface area contributed by atoms with Crippen molar-refractivity contribution in [3.8, 4) is 0 Å². The summed E-state index contributed by atoms with van der Waals surface area (Å²) in [6.45, 7) is 3.29. The molecule has 0 bridgehead atoms. The van der Waals surface area contributed by atoms with E-state index >= 15 is 0 Å². The Morgan fingerprint density at radius 2 is 1.88 bits per heavy atom. The summed E-state index contributed by atoms with van der Waals surface area (Å²) in [5, 5.41) is 3.25. The van der Waals surface area contributed by atoms with E-state index in [1.54, 1.807) is 12.1 Å². The van der Waals surface area contributed by atoms with Gasteiger partial charge in [-0.05, 0) is 61.9 Å². The van der Waals surface area contributed by atoms with E-state index in [0.29, 0.717) is 11.4 Å². The van der Waals surface area contributed by atoms with Crippen LogP contribution in [0.1, 0.15) is 36.8 Å². The Morgan fingerprint density at radius 1 is 1.08 bits per heavy atom. The molecule has 2 N–H and O–H groups in total. The fourth-order valence-electron chi connectivity index (χ4n) is 3.51. The lowest BCUT2D eigenvalue weighted by Gasteiger charge is -2.20. The van der Waals surface area contributed by atoms with Gasteiger partial charge in [-0.2, -0.15) is 0 Å². The van der Waals surface area contributed by atoms with Crippen LogP contribution in [0.15, 0.2) is 23.1 Å². The van der Waals surface area contributed by atoms with E-state index in [2.05, 4.69) is 10.0 Å². The molecular formula is C18H27N3O3S. The number of aryl methyl sites for hydroxylation is 2. The lowest BCUT2D eigenvalue weighted by atomic mass is 9.92. The van der Waals surface area contributed by atoms with E-state index in [4.69, 9.17) is 0 Å². The van der Waals surface area contributed by atoms with Gasteiger partial charge in [0.15, 0.2) is 0 Å². The molecule has 0 unspecified atom stereocenters. The fourth-order valence-corrected chi connectivity index (χ4v) is 4.59. The Hall–Kier alpha value is -1.44. The van der Waals surface area contributed by atoms with Crippen molar-refractivity contribution in [1.29, 1.82) is 0 Å². The second-order valence-electron chi connectivity index (χ2n) is 6.77. The highest BCUT2D eigenvalue weighted by atomic mass is 32.2. The highest BCUT2D eigenvalue weighted by molar-refractivity contribution is 7.89. The summed E-state index contributed by atoms with van der Waals surface area (Å²) in [6, 6.07) is 5.40. The van der Waals surface area contributed by atoms with Crippen molar-refractivity contribution in [3.05, 3.63) is 29.3 Å².